The number of ether oxygens (including phenoxy) is 2. The van der Waals surface area contributed by atoms with E-state index in [-0.39, 0.29) is 17.2 Å². The van der Waals surface area contributed by atoms with Crippen LogP contribution in [-0.4, -0.2) is 5.11 Å². The average molecular weight is 453 g/mol. The monoisotopic (exact) mass is 452 g/mol. The molecule has 1 heterocycles. The number of aryl methyl sites for hydroxylation is 1. The highest BCUT2D eigenvalue weighted by Crippen LogP contribution is 2.46. The number of hydrogen-bond acceptors (Lipinski definition) is 5. The molecule has 0 saturated carbocycles. The first-order chi connectivity index (χ1) is 14.9. The number of rotatable bonds is 4. The summed E-state index contributed by atoms with van der Waals surface area (Å²) in [4.78, 5) is 0. The topological polar surface area (TPSA) is 88.5 Å². The molecule has 0 aliphatic carbocycles. The highest BCUT2D eigenvalue weighted by Gasteiger charge is 2.31. The van der Waals surface area contributed by atoms with Gasteiger partial charge in [-0.05, 0) is 36.2 Å². The SMILES string of the molecule is Cc1ccc(COc2c(Cl)cc([C@H]3C(C#N)=C(N)Oc4cc(O)ccc43)cc2Cl)cc1. The van der Waals surface area contributed by atoms with Gasteiger partial charge in [-0.3, -0.25) is 0 Å². The Balaban J connectivity index is 1.70. The van der Waals surface area contributed by atoms with Crippen molar-refractivity contribution in [2.75, 3.05) is 0 Å². The van der Waals surface area contributed by atoms with Crippen LogP contribution in [0.1, 0.15) is 28.2 Å². The van der Waals surface area contributed by atoms with Gasteiger partial charge in [-0.2, -0.15) is 5.26 Å². The van der Waals surface area contributed by atoms with Crippen LogP contribution in [0.5, 0.6) is 17.2 Å². The molecule has 3 aromatic carbocycles. The van der Waals surface area contributed by atoms with Crippen molar-refractivity contribution < 1.29 is 14.6 Å². The molecule has 0 radical (unpaired) electrons. The zero-order valence-corrected chi connectivity index (χ0v) is 18.0. The summed E-state index contributed by atoms with van der Waals surface area (Å²) >= 11 is 13.0. The summed E-state index contributed by atoms with van der Waals surface area (Å²) in [5.41, 5.74) is 9.69. The van der Waals surface area contributed by atoms with Crippen LogP contribution in [-0.2, 0) is 6.61 Å². The molecular formula is C24H18Cl2N2O3. The van der Waals surface area contributed by atoms with E-state index in [1.54, 1.807) is 18.2 Å². The molecule has 0 bridgehead atoms. The summed E-state index contributed by atoms with van der Waals surface area (Å²) < 4.78 is 11.4. The Labute approximate surface area is 189 Å². The molecule has 156 valence electrons. The molecule has 3 N–H and O–H groups in total. The second kappa shape index (κ2) is 8.43. The Kier molecular flexibility index (Phi) is 5.69. The number of allylic oxidation sites excluding steroid dienone is 1. The Morgan fingerprint density at radius 1 is 1.10 bits per heavy atom. The molecular weight excluding hydrogens is 435 g/mol. The van der Waals surface area contributed by atoms with Crippen molar-refractivity contribution >= 4 is 23.2 Å². The highest BCUT2D eigenvalue weighted by atomic mass is 35.5. The van der Waals surface area contributed by atoms with Gasteiger partial charge in [-0.25, -0.2) is 0 Å². The molecule has 7 heteroatoms. The minimum absolute atomic E-state index is 0.0293. The zero-order valence-electron chi connectivity index (χ0n) is 16.5. The van der Waals surface area contributed by atoms with E-state index in [1.165, 1.54) is 12.1 Å². The summed E-state index contributed by atoms with van der Waals surface area (Å²) in [6.07, 6.45) is 0. The lowest BCUT2D eigenvalue weighted by atomic mass is 9.83. The van der Waals surface area contributed by atoms with E-state index in [2.05, 4.69) is 6.07 Å². The maximum absolute atomic E-state index is 9.79. The van der Waals surface area contributed by atoms with Gasteiger partial charge in [-0.15, -0.1) is 0 Å². The number of phenols is 1. The van der Waals surface area contributed by atoms with Crippen LogP contribution >= 0.6 is 23.2 Å². The number of benzene rings is 3. The van der Waals surface area contributed by atoms with Crippen molar-refractivity contribution in [1.29, 1.82) is 5.26 Å². The predicted molar refractivity (Wildman–Crippen MR) is 119 cm³/mol. The molecule has 1 atom stereocenters. The second-order valence-corrected chi connectivity index (χ2v) is 8.05. The molecule has 3 aromatic rings. The summed E-state index contributed by atoms with van der Waals surface area (Å²) in [6, 6.07) is 18.1. The summed E-state index contributed by atoms with van der Waals surface area (Å²) in [5.74, 6) is 0.184. The van der Waals surface area contributed by atoms with E-state index in [4.69, 9.17) is 38.4 Å². The smallest absolute Gasteiger partial charge is 0.205 e. The first-order valence-electron chi connectivity index (χ1n) is 9.45. The highest BCUT2D eigenvalue weighted by molar-refractivity contribution is 6.37. The molecule has 0 amide bonds. The number of nitriles is 1. The third kappa shape index (κ3) is 4.13. The van der Waals surface area contributed by atoms with E-state index in [0.717, 1.165) is 11.1 Å². The van der Waals surface area contributed by atoms with Gasteiger partial charge in [0.05, 0.1) is 16.0 Å². The van der Waals surface area contributed by atoms with Gasteiger partial charge in [0.2, 0.25) is 5.88 Å². The molecule has 1 aliphatic rings. The minimum atomic E-state index is -0.546. The van der Waals surface area contributed by atoms with E-state index >= 15 is 0 Å². The average Bonchev–Trinajstić information content (AvgIpc) is 2.73. The molecule has 0 spiro atoms. The van der Waals surface area contributed by atoms with Gasteiger partial charge in [0.15, 0.2) is 5.75 Å². The van der Waals surface area contributed by atoms with Crippen molar-refractivity contribution in [3.8, 4) is 23.3 Å². The van der Waals surface area contributed by atoms with Gasteiger partial charge in [0.25, 0.3) is 0 Å². The number of hydrogen-bond donors (Lipinski definition) is 2. The molecule has 31 heavy (non-hydrogen) atoms. The normalized spacial score (nSPS) is 15.1. The predicted octanol–water partition coefficient (Wildman–Crippen LogP) is 5.80. The molecule has 0 unspecified atom stereocenters. The van der Waals surface area contributed by atoms with E-state index in [9.17, 15) is 10.4 Å². The van der Waals surface area contributed by atoms with Gasteiger partial charge in [-0.1, -0.05) is 59.1 Å². The first kappa shape index (κ1) is 20.9. The molecule has 1 aliphatic heterocycles. The van der Waals surface area contributed by atoms with Crippen molar-refractivity contribution in [2.24, 2.45) is 5.73 Å². The summed E-state index contributed by atoms with van der Waals surface area (Å²) in [5, 5.41) is 20.1. The Bertz CT molecular complexity index is 1210. The largest absolute Gasteiger partial charge is 0.508 e. The van der Waals surface area contributed by atoms with Crippen LogP contribution in [0.2, 0.25) is 10.0 Å². The Morgan fingerprint density at radius 2 is 1.77 bits per heavy atom. The summed E-state index contributed by atoms with van der Waals surface area (Å²) in [6.45, 7) is 2.33. The van der Waals surface area contributed by atoms with E-state index < -0.39 is 5.92 Å². The number of nitrogens with two attached hydrogens (primary N) is 1. The maximum atomic E-state index is 9.79. The van der Waals surface area contributed by atoms with E-state index in [0.29, 0.717) is 39.3 Å². The third-order valence-electron chi connectivity index (χ3n) is 5.06. The van der Waals surface area contributed by atoms with E-state index in [1.807, 2.05) is 31.2 Å². The number of aromatic hydroxyl groups is 1. The standard InChI is InChI=1S/C24H18Cl2N2O3/c1-13-2-4-14(5-3-13)12-30-23-19(25)8-15(9-20(23)26)22-17-7-6-16(29)10-21(17)31-24(28)18(22)11-27/h2-10,22,29H,12,28H2,1H3/t22-/m1/s1. The Hall–Kier alpha value is -3.33. The molecule has 0 aromatic heterocycles. The molecule has 0 fully saturated rings. The summed E-state index contributed by atoms with van der Waals surface area (Å²) in [7, 11) is 0. The Morgan fingerprint density at radius 3 is 2.42 bits per heavy atom. The van der Waals surface area contributed by atoms with Crippen LogP contribution in [0.15, 0.2) is 66.1 Å². The maximum Gasteiger partial charge on any atom is 0.205 e. The van der Waals surface area contributed by atoms with Crippen molar-refractivity contribution in [2.45, 2.75) is 19.4 Å². The number of phenolic OH excluding ortho intramolecular Hbond substituents is 1. The number of halogens is 2. The van der Waals surface area contributed by atoms with Crippen LogP contribution < -0.4 is 15.2 Å². The van der Waals surface area contributed by atoms with Crippen LogP contribution in [0.25, 0.3) is 0 Å². The fourth-order valence-corrected chi connectivity index (χ4v) is 4.12. The molecule has 0 saturated heterocycles. The lowest BCUT2D eigenvalue weighted by Crippen LogP contribution is -2.21. The van der Waals surface area contributed by atoms with Gasteiger partial charge in [0, 0.05) is 11.6 Å². The van der Waals surface area contributed by atoms with Gasteiger partial charge < -0.3 is 20.3 Å². The van der Waals surface area contributed by atoms with Gasteiger partial charge >= 0.3 is 0 Å². The zero-order chi connectivity index (χ0) is 22.1. The van der Waals surface area contributed by atoms with Crippen LogP contribution in [0, 0.1) is 18.3 Å². The van der Waals surface area contributed by atoms with Crippen molar-refractivity contribution in [3.63, 3.8) is 0 Å². The fraction of sp³-hybridized carbons (Fsp3) is 0.125. The lowest BCUT2D eigenvalue weighted by molar-refractivity contribution is 0.306. The number of nitrogens with zero attached hydrogens (tertiary/aromatic N) is 1. The third-order valence-corrected chi connectivity index (χ3v) is 5.62. The van der Waals surface area contributed by atoms with Crippen LogP contribution in [0.4, 0.5) is 0 Å². The second-order valence-electron chi connectivity index (χ2n) is 7.23. The fourth-order valence-electron chi connectivity index (χ4n) is 3.51. The van der Waals surface area contributed by atoms with Gasteiger partial charge in [0.1, 0.15) is 29.7 Å². The van der Waals surface area contributed by atoms with Crippen LogP contribution in [0.3, 0.4) is 0 Å². The van der Waals surface area contributed by atoms with Crippen molar-refractivity contribution in [1.82, 2.24) is 0 Å². The lowest BCUT2D eigenvalue weighted by Gasteiger charge is -2.27. The molecule has 4 rings (SSSR count). The first-order valence-corrected chi connectivity index (χ1v) is 10.2. The number of fused-ring (bicyclic) bond motifs is 1. The minimum Gasteiger partial charge on any atom is -0.508 e. The van der Waals surface area contributed by atoms with Crippen molar-refractivity contribution in [3.05, 3.63) is 98.4 Å². The molecule has 5 nitrogen and oxygen atoms in total. The quantitative estimate of drug-likeness (QED) is 0.521.